The number of rotatable bonds is 5. The van der Waals surface area contributed by atoms with Crippen LogP contribution in [0.2, 0.25) is 0 Å². The van der Waals surface area contributed by atoms with Gasteiger partial charge in [0.25, 0.3) is 0 Å². The zero-order valence-corrected chi connectivity index (χ0v) is 15.0. The first-order chi connectivity index (χ1) is 12.1. The van der Waals surface area contributed by atoms with Gasteiger partial charge >= 0.3 is 0 Å². The third kappa shape index (κ3) is 3.95. The molecule has 1 aromatic carbocycles. The highest BCUT2D eigenvalue weighted by Gasteiger charge is 2.38. The van der Waals surface area contributed by atoms with E-state index in [-0.39, 0.29) is 17.7 Å². The van der Waals surface area contributed by atoms with Crippen LogP contribution in [0.1, 0.15) is 19.3 Å². The van der Waals surface area contributed by atoms with Crippen LogP contribution in [0, 0.1) is 11.8 Å². The van der Waals surface area contributed by atoms with Gasteiger partial charge in [0.05, 0.1) is 13.0 Å². The molecule has 0 bridgehead atoms. The predicted octanol–water partition coefficient (Wildman–Crippen LogP) is 1.51. The molecule has 0 aromatic heterocycles. The van der Waals surface area contributed by atoms with Gasteiger partial charge in [0.15, 0.2) is 0 Å². The summed E-state index contributed by atoms with van der Waals surface area (Å²) in [4.78, 5) is 29.0. The number of amides is 2. The molecule has 2 aliphatic heterocycles. The van der Waals surface area contributed by atoms with E-state index in [1.807, 2.05) is 36.2 Å². The van der Waals surface area contributed by atoms with Crippen LogP contribution in [0.3, 0.4) is 0 Å². The van der Waals surface area contributed by atoms with Gasteiger partial charge in [-0.05, 0) is 56.6 Å². The van der Waals surface area contributed by atoms with Crippen molar-refractivity contribution >= 4 is 17.5 Å². The fraction of sp³-hybridized carbons (Fsp3) is 0.579. The maximum Gasteiger partial charge on any atom is 0.228 e. The zero-order valence-electron chi connectivity index (χ0n) is 15.0. The van der Waals surface area contributed by atoms with E-state index < -0.39 is 0 Å². The van der Waals surface area contributed by atoms with Gasteiger partial charge in [-0.3, -0.25) is 9.59 Å². The molecule has 0 spiro atoms. The highest BCUT2D eigenvalue weighted by atomic mass is 16.5. The fourth-order valence-corrected chi connectivity index (χ4v) is 3.86. The first-order valence-corrected chi connectivity index (χ1v) is 9.00. The van der Waals surface area contributed by atoms with Crippen molar-refractivity contribution in [1.29, 1.82) is 0 Å². The lowest BCUT2D eigenvalue weighted by Crippen LogP contribution is -2.45. The van der Waals surface area contributed by atoms with E-state index >= 15 is 0 Å². The molecule has 0 aliphatic carbocycles. The predicted molar refractivity (Wildman–Crippen MR) is 96.7 cm³/mol. The van der Waals surface area contributed by atoms with Gasteiger partial charge in [0.2, 0.25) is 11.8 Å². The summed E-state index contributed by atoms with van der Waals surface area (Å²) < 4.78 is 5.16. The van der Waals surface area contributed by atoms with E-state index in [9.17, 15) is 9.59 Å². The lowest BCUT2D eigenvalue weighted by Gasteiger charge is -2.34. The Kier molecular flexibility index (Phi) is 5.58. The lowest BCUT2D eigenvalue weighted by atomic mass is 9.96. The second-order valence-electron chi connectivity index (χ2n) is 6.95. The minimum atomic E-state index is -0.233. The molecule has 2 saturated heterocycles. The van der Waals surface area contributed by atoms with E-state index in [1.165, 1.54) is 0 Å². The zero-order chi connectivity index (χ0) is 17.8. The van der Waals surface area contributed by atoms with Crippen LogP contribution in [-0.4, -0.2) is 57.1 Å². The molecule has 2 unspecified atom stereocenters. The number of likely N-dealkylation sites (tertiary alicyclic amines) is 1. The lowest BCUT2D eigenvalue weighted by molar-refractivity contribution is -0.137. The highest BCUT2D eigenvalue weighted by molar-refractivity contribution is 6.00. The van der Waals surface area contributed by atoms with Gasteiger partial charge in [-0.2, -0.15) is 0 Å². The van der Waals surface area contributed by atoms with Crippen molar-refractivity contribution in [2.75, 3.05) is 45.2 Å². The van der Waals surface area contributed by atoms with Crippen LogP contribution in [0.5, 0.6) is 5.75 Å². The molecule has 6 heteroatoms. The Labute approximate surface area is 149 Å². The van der Waals surface area contributed by atoms with Crippen LogP contribution >= 0.6 is 0 Å². The number of methoxy groups -OCH3 is 1. The Bertz CT molecular complexity index is 615. The minimum absolute atomic E-state index is 0.0206. The molecule has 2 aliphatic rings. The summed E-state index contributed by atoms with van der Waals surface area (Å²) in [5, 5.41) is 3.20. The van der Waals surface area contributed by atoms with Gasteiger partial charge < -0.3 is 19.9 Å². The number of nitrogens with zero attached hydrogens (tertiary/aromatic N) is 2. The number of carbonyl (C=O) groups excluding carboxylic acids is 2. The molecule has 2 heterocycles. The molecule has 6 nitrogen and oxygen atoms in total. The maximum absolute atomic E-state index is 12.9. The highest BCUT2D eigenvalue weighted by Crippen LogP contribution is 2.29. The Balaban J connectivity index is 1.64. The number of benzene rings is 1. The van der Waals surface area contributed by atoms with Crippen molar-refractivity contribution < 1.29 is 14.3 Å². The van der Waals surface area contributed by atoms with Crippen LogP contribution in [-0.2, 0) is 9.59 Å². The van der Waals surface area contributed by atoms with Crippen molar-refractivity contribution in [3.8, 4) is 5.75 Å². The van der Waals surface area contributed by atoms with Crippen molar-refractivity contribution in [3.63, 3.8) is 0 Å². The Morgan fingerprint density at radius 2 is 2.04 bits per heavy atom. The summed E-state index contributed by atoms with van der Waals surface area (Å²) in [5.41, 5.74) is 0.827. The molecule has 2 fully saturated rings. The number of hydrogen-bond acceptors (Lipinski definition) is 4. The molecule has 25 heavy (non-hydrogen) atoms. The van der Waals surface area contributed by atoms with Crippen LogP contribution in [0.4, 0.5) is 5.69 Å². The van der Waals surface area contributed by atoms with E-state index in [0.717, 1.165) is 43.9 Å². The molecule has 0 saturated carbocycles. The molecule has 3 rings (SSSR count). The first-order valence-electron chi connectivity index (χ1n) is 9.00. The quantitative estimate of drug-likeness (QED) is 0.879. The molecular weight excluding hydrogens is 318 g/mol. The van der Waals surface area contributed by atoms with E-state index in [0.29, 0.717) is 18.9 Å². The van der Waals surface area contributed by atoms with Gasteiger partial charge in [0, 0.05) is 31.7 Å². The molecule has 0 radical (unpaired) electrons. The largest absolute Gasteiger partial charge is 0.497 e. The second-order valence-corrected chi connectivity index (χ2v) is 6.95. The third-order valence-electron chi connectivity index (χ3n) is 5.18. The molecular formula is C19H27N3O3. The average molecular weight is 345 g/mol. The van der Waals surface area contributed by atoms with Crippen molar-refractivity contribution in [2.24, 2.45) is 11.8 Å². The second kappa shape index (κ2) is 7.87. The van der Waals surface area contributed by atoms with Crippen molar-refractivity contribution in [3.05, 3.63) is 24.3 Å². The fourth-order valence-electron chi connectivity index (χ4n) is 3.86. The molecule has 136 valence electrons. The summed E-state index contributed by atoms with van der Waals surface area (Å²) in [6.07, 6.45) is 2.51. The van der Waals surface area contributed by atoms with Crippen LogP contribution in [0.15, 0.2) is 24.3 Å². The smallest absolute Gasteiger partial charge is 0.228 e. The van der Waals surface area contributed by atoms with Gasteiger partial charge in [-0.15, -0.1) is 0 Å². The van der Waals surface area contributed by atoms with Crippen molar-refractivity contribution in [1.82, 2.24) is 10.2 Å². The number of ether oxygens (including phenoxy) is 1. The summed E-state index contributed by atoms with van der Waals surface area (Å²) in [5.74, 6) is 1.19. The van der Waals surface area contributed by atoms with E-state index in [1.54, 1.807) is 12.0 Å². The number of nitrogens with one attached hydrogen (secondary N) is 1. The molecule has 1 N–H and O–H groups in total. The third-order valence-corrected chi connectivity index (χ3v) is 5.18. The maximum atomic E-state index is 12.9. The Morgan fingerprint density at radius 1 is 1.28 bits per heavy atom. The van der Waals surface area contributed by atoms with Gasteiger partial charge in [-0.25, -0.2) is 0 Å². The van der Waals surface area contributed by atoms with Crippen LogP contribution in [0.25, 0.3) is 0 Å². The number of hydrogen-bond donors (Lipinski definition) is 1. The Hall–Kier alpha value is -2.08. The standard InChI is InChI=1S/C19H27N3O3/c1-20-11-14-4-3-9-21(12-14)19(24)15-10-18(23)22(13-15)16-5-7-17(25-2)8-6-16/h5-8,14-15,20H,3-4,9-13H2,1-2H3. The first kappa shape index (κ1) is 17.7. The Morgan fingerprint density at radius 3 is 2.72 bits per heavy atom. The topological polar surface area (TPSA) is 61.9 Å². The number of piperidine rings is 1. The SMILES string of the molecule is CNCC1CCCN(C(=O)C2CC(=O)N(c3ccc(OC)cc3)C2)C1. The van der Waals surface area contributed by atoms with Gasteiger partial charge in [0.1, 0.15) is 5.75 Å². The molecule has 1 aromatic rings. The van der Waals surface area contributed by atoms with E-state index in [2.05, 4.69) is 5.32 Å². The monoisotopic (exact) mass is 345 g/mol. The summed E-state index contributed by atoms with van der Waals surface area (Å²) >= 11 is 0. The molecule has 2 atom stereocenters. The summed E-state index contributed by atoms with van der Waals surface area (Å²) in [6, 6.07) is 7.41. The average Bonchev–Trinajstić information content (AvgIpc) is 3.03. The van der Waals surface area contributed by atoms with Crippen LogP contribution < -0.4 is 15.0 Å². The minimum Gasteiger partial charge on any atom is -0.497 e. The summed E-state index contributed by atoms with van der Waals surface area (Å²) in [7, 11) is 3.56. The van der Waals surface area contributed by atoms with Gasteiger partial charge in [-0.1, -0.05) is 0 Å². The molecule has 2 amide bonds. The normalized spacial score (nSPS) is 23.8. The van der Waals surface area contributed by atoms with Crippen molar-refractivity contribution in [2.45, 2.75) is 19.3 Å². The number of anilines is 1. The number of carbonyl (C=O) groups is 2. The summed E-state index contributed by atoms with van der Waals surface area (Å²) in [6.45, 7) is 3.02. The van der Waals surface area contributed by atoms with E-state index in [4.69, 9.17) is 4.74 Å².